The van der Waals surface area contributed by atoms with Crippen LogP contribution in [0.4, 0.5) is 5.69 Å². The van der Waals surface area contributed by atoms with Crippen LogP contribution in [0.1, 0.15) is 30.1 Å². The number of likely N-dealkylation sites (tertiary alicyclic amines) is 1. The number of benzene rings is 2. The van der Waals surface area contributed by atoms with Crippen LogP contribution in [0, 0.1) is 6.92 Å². The monoisotopic (exact) mass is 375 g/mol. The molecule has 28 heavy (non-hydrogen) atoms. The summed E-state index contributed by atoms with van der Waals surface area (Å²) in [6, 6.07) is 19.8. The van der Waals surface area contributed by atoms with Crippen molar-refractivity contribution in [2.45, 2.75) is 25.8 Å². The van der Waals surface area contributed by atoms with E-state index in [-0.39, 0.29) is 5.91 Å². The predicted octanol–water partition coefficient (Wildman–Crippen LogP) is 4.89. The highest BCUT2D eigenvalue weighted by atomic mass is 16.5. The molecule has 3 aromatic rings. The molecule has 1 unspecified atom stereocenters. The van der Waals surface area contributed by atoms with Gasteiger partial charge in [0.1, 0.15) is 11.5 Å². The van der Waals surface area contributed by atoms with Gasteiger partial charge in [-0.1, -0.05) is 12.1 Å². The highest BCUT2D eigenvalue weighted by Gasteiger charge is 2.28. The van der Waals surface area contributed by atoms with Gasteiger partial charge in [-0.3, -0.25) is 9.69 Å². The summed E-state index contributed by atoms with van der Waals surface area (Å²) < 4.78 is 5.86. The number of hydrogen-bond donors (Lipinski definition) is 2. The minimum atomic E-state index is 0.00538. The number of nitrogens with zero attached hydrogens (tertiary/aromatic N) is 1. The Kier molecular flexibility index (Phi) is 5.44. The van der Waals surface area contributed by atoms with Crippen LogP contribution in [0.15, 0.2) is 66.9 Å². The summed E-state index contributed by atoms with van der Waals surface area (Å²) in [5, 5.41) is 2.99. The molecule has 1 amide bonds. The highest BCUT2D eigenvalue weighted by Crippen LogP contribution is 2.30. The number of H-pyrrole nitrogens is 1. The van der Waals surface area contributed by atoms with E-state index in [0.29, 0.717) is 12.6 Å². The first-order chi connectivity index (χ1) is 13.7. The molecular weight excluding hydrogens is 350 g/mol. The highest BCUT2D eigenvalue weighted by molar-refractivity contribution is 5.92. The van der Waals surface area contributed by atoms with Crippen molar-refractivity contribution in [1.82, 2.24) is 9.88 Å². The van der Waals surface area contributed by atoms with Crippen molar-refractivity contribution in [3.8, 4) is 11.5 Å². The molecule has 2 aromatic carbocycles. The molecule has 2 N–H and O–H groups in total. The number of ether oxygens (including phenoxy) is 1. The van der Waals surface area contributed by atoms with Gasteiger partial charge in [0.25, 0.3) is 0 Å². The standard InChI is InChI=1S/C23H25N3O2/c1-17-5-2-6-20(15-17)28-19-11-9-18(10-12-19)25-23(27)16-26-14-4-8-22(26)21-7-3-13-24-21/h2-3,5-7,9-13,15,22,24H,4,8,14,16H2,1H3,(H,25,27). The maximum Gasteiger partial charge on any atom is 0.238 e. The van der Waals surface area contributed by atoms with Gasteiger partial charge >= 0.3 is 0 Å². The van der Waals surface area contributed by atoms with Crippen LogP contribution in [0.5, 0.6) is 11.5 Å². The topological polar surface area (TPSA) is 57.4 Å². The molecular formula is C23H25N3O2. The molecule has 0 saturated carbocycles. The summed E-state index contributed by atoms with van der Waals surface area (Å²) in [5.74, 6) is 1.56. The molecule has 144 valence electrons. The van der Waals surface area contributed by atoms with Crippen LogP contribution in [-0.2, 0) is 4.79 Å². The van der Waals surface area contributed by atoms with E-state index in [9.17, 15) is 4.79 Å². The van der Waals surface area contributed by atoms with E-state index >= 15 is 0 Å². The van der Waals surface area contributed by atoms with Gasteiger partial charge in [-0.05, 0) is 80.4 Å². The van der Waals surface area contributed by atoms with Crippen LogP contribution >= 0.6 is 0 Å². The normalized spacial score (nSPS) is 16.8. The summed E-state index contributed by atoms with van der Waals surface area (Å²) in [4.78, 5) is 18.0. The van der Waals surface area contributed by atoms with Gasteiger partial charge in [0.05, 0.1) is 12.6 Å². The van der Waals surface area contributed by atoms with Crippen molar-refractivity contribution in [3.05, 3.63) is 78.1 Å². The van der Waals surface area contributed by atoms with Crippen molar-refractivity contribution in [2.24, 2.45) is 0 Å². The molecule has 1 aliphatic rings. The van der Waals surface area contributed by atoms with E-state index in [0.717, 1.165) is 42.1 Å². The number of nitrogens with one attached hydrogen (secondary N) is 2. The fourth-order valence-electron chi connectivity index (χ4n) is 3.73. The van der Waals surface area contributed by atoms with Crippen molar-refractivity contribution in [2.75, 3.05) is 18.4 Å². The second-order valence-corrected chi connectivity index (χ2v) is 7.25. The van der Waals surface area contributed by atoms with Crippen molar-refractivity contribution in [1.29, 1.82) is 0 Å². The van der Waals surface area contributed by atoms with Gasteiger partial charge in [0, 0.05) is 17.6 Å². The number of aromatic nitrogens is 1. The number of hydrogen-bond acceptors (Lipinski definition) is 3. The smallest absolute Gasteiger partial charge is 0.238 e. The zero-order chi connectivity index (χ0) is 19.3. The van der Waals surface area contributed by atoms with E-state index in [1.807, 2.05) is 67.7 Å². The first kappa shape index (κ1) is 18.3. The van der Waals surface area contributed by atoms with Crippen LogP contribution in [-0.4, -0.2) is 28.9 Å². The zero-order valence-corrected chi connectivity index (χ0v) is 16.0. The molecule has 0 radical (unpaired) electrons. The van der Waals surface area contributed by atoms with Crippen molar-refractivity contribution in [3.63, 3.8) is 0 Å². The van der Waals surface area contributed by atoms with E-state index in [2.05, 4.69) is 21.3 Å². The number of anilines is 1. The maximum atomic E-state index is 12.5. The summed E-state index contributed by atoms with van der Waals surface area (Å²) >= 11 is 0. The lowest BCUT2D eigenvalue weighted by atomic mass is 10.1. The van der Waals surface area contributed by atoms with Crippen molar-refractivity contribution < 1.29 is 9.53 Å². The fraction of sp³-hybridized carbons (Fsp3) is 0.261. The second kappa shape index (κ2) is 8.31. The Bertz CT molecular complexity index is 919. The molecule has 1 saturated heterocycles. The van der Waals surface area contributed by atoms with Crippen LogP contribution < -0.4 is 10.1 Å². The van der Waals surface area contributed by atoms with Gasteiger partial charge in [-0.2, -0.15) is 0 Å². The minimum absolute atomic E-state index is 0.00538. The summed E-state index contributed by atoms with van der Waals surface area (Å²) in [5.41, 5.74) is 3.11. The quantitative estimate of drug-likeness (QED) is 0.645. The lowest BCUT2D eigenvalue weighted by Gasteiger charge is -2.23. The van der Waals surface area contributed by atoms with Crippen LogP contribution in [0.2, 0.25) is 0 Å². The molecule has 5 nitrogen and oxygen atoms in total. The minimum Gasteiger partial charge on any atom is -0.457 e. The Balaban J connectivity index is 1.33. The number of rotatable bonds is 6. The average molecular weight is 375 g/mol. The third kappa shape index (κ3) is 4.43. The van der Waals surface area contributed by atoms with Crippen LogP contribution in [0.25, 0.3) is 0 Å². The third-order valence-corrected chi connectivity index (χ3v) is 5.05. The number of carbonyl (C=O) groups excluding carboxylic acids is 1. The van der Waals surface area contributed by atoms with E-state index in [1.165, 1.54) is 5.69 Å². The molecule has 1 atom stereocenters. The molecule has 4 rings (SSSR count). The Morgan fingerprint density at radius 2 is 2.00 bits per heavy atom. The first-order valence-electron chi connectivity index (χ1n) is 9.69. The predicted molar refractivity (Wildman–Crippen MR) is 111 cm³/mol. The molecule has 1 aromatic heterocycles. The first-order valence-corrected chi connectivity index (χ1v) is 9.69. The van der Waals surface area contributed by atoms with E-state index in [1.54, 1.807) is 0 Å². The second-order valence-electron chi connectivity index (χ2n) is 7.25. The van der Waals surface area contributed by atoms with Gasteiger partial charge in [0.2, 0.25) is 5.91 Å². The van der Waals surface area contributed by atoms with Crippen molar-refractivity contribution >= 4 is 11.6 Å². The number of amides is 1. The summed E-state index contributed by atoms with van der Waals surface area (Å²) in [6.07, 6.45) is 4.13. The maximum absolute atomic E-state index is 12.5. The van der Waals surface area contributed by atoms with Gasteiger partial charge in [0.15, 0.2) is 0 Å². The molecule has 1 fully saturated rings. The summed E-state index contributed by atoms with van der Waals surface area (Å²) in [6.45, 7) is 3.37. The Labute approximate surface area is 165 Å². The average Bonchev–Trinajstić information content (AvgIpc) is 3.35. The molecule has 0 spiro atoms. The molecule has 2 heterocycles. The van der Waals surface area contributed by atoms with E-state index < -0.39 is 0 Å². The lowest BCUT2D eigenvalue weighted by molar-refractivity contribution is -0.117. The Morgan fingerprint density at radius 3 is 2.75 bits per heavy atom. The largest absolute Gasteiger partial charge is 0.457 e. The van der Waals surface area contributed by atoms with Gasteiger partial charge < -0.3 is 15.0 Å². The molecule has 0 bridgehead atoms. The van der Waals surface area contributed by atoms with Gasteiger partial charge in [-0.25, -0.2) is 0 Å². The zero-order valence-electron chi connectivity index (χ0n) is 16.0. The Hall–Kier alpha value is -3.05. The number of carbonyl (C=O) groups is 1. The Morgan fingerprint density at radius 1 is 1.14 bits per heavy atom. The fourth-order valence-corrected chi connectivity index (χ4v) is 3.73. The molecule has 5 heteroatoms. The third-order valence-electron chi connectivity index (χ3n) is 5.05. The number of aromatic amines is 1. The molecule has 0 aliphatic carbocycles. The van der Waals surface area contributed by atoms with Gasteiger partial charge in [-0.15, -0.1) is 0 Å². The number of aryl methyl sites for hydroxylation is 1. The van der Waals surface area contributed by atoms with E-state index in [4.69, 9.17) is 4.74 Å². The van der Waals surface area contributed by atoms with Crippen LogP contribution in [0.3, 0.4) is 0 Å². The lowest BCUT2D eigenvalue weighted by Crippen LogP contribution is -2.33. The molecule has 1 aliphatic heterocycles. The summed E-state index contributed by atoms with van der Waals surface area (Å²) in [7, 11) is 0. The SMILES string of the molecule is Cc1cccc(Oc2ccc(NC(=O)CN3CCCC3c3ccc[nH]3)cc2)c1.